The number of benzene rings is 2. The zero-order chi connectivity index (χ0) is 12.3. The minimum Gasteiger partial charge on any atom is -0.478 e. The molecule has 0 aromatic heterocycles. The Morgan fingerprint density at radius 2 is 1.71 bits per heavy atom. The van der Waals surface area contributed by atoms with E-state index < -0.39 is 5.97 Å². The van der Waals surface area contributed by atoms with Gasteiger partial charge in [0.2, 0.25) is 0 Å². The summed E-state index contributed by atoms with van der Waals surface area (Å²) in [4.78, 5) is 21.4. The first-order chi connectivity index (χ1) is 8.20. The summed E-state index contributed by atoms with van der Waals surface area (Å²) in [6, 6.07) is 13.7. The molecule has 0 unspecified atom stereocenters. The van der Waals surface area contributed by atoms with Crippen molar-refractivity contribution in [2.75, 3.05) is 0 Å². The molecule has 0 saturated heterocycles. The van der Waals surface area contributed by atoms with Gasteiger partial charge in [0, 0.05) is 5.56 Å². The fourth-order valence-electron chi connectivity index (χ4n) is 1.59. The number of rotatable bonds is 3. The number of hydrogen-bond acceptors (Lipinski definition) is 2. The molecule has 2 aromatic rings. The molecule has 0 bridgehead atoms. The van der Waals surface area contributed by atoms with E-state index in [1.807, 2.05) is 6.07 Å². The molecule has 0 amide bonds. The average molecular weight is 226 g/mol. The van der Waals surface area contributed by atoms with Gasteiger partial charge in [-0.25, -0.2) is 4.79 Å². The van der Waals surface area contributed by atoms with Crippen LogP contribution in [0.4, 0.5) is 0 Å². The van der Waals surface area contributed by atoms with E-state index in [4.69, 9.17) is 5.11 Å². The highest BCUT2D eigenvalue weighted by molar-refractivity contribution is 5.89. The van der Waals surface area contributed by atoms with E-state index in [2.05, 4.69) is 0 Å². The Balaban J connectivity index is 2.41. The molecule has 0 fully saturated rings. The third kappa shape index (κ3) is 2.39. The van der Waals surface area contributed by atoms with Crippen LogP contribution in [-0.2, 0) is 0 Å². The normalized spacial score (nSPS) is 9.88. The summed E-state index contributed by atoms with van der Waals surface area (Å²) in [7, 11) is 0. The minimum atomic E-state index is -0.948. The number of aldehydes is 1. The molecule has 0 aliphatic heterocycles. The maximum atomic E-state index is 10.8. The van der Waals surface area contributed by atoms with Crippen molar-refractivity contribution in [3.05, 3.63) is 59.7 Å². The summed E-state index contributed by atoms with van der Waals surface area (Å²) >= 11 is 0. The molecule has 3 nitrogen and oxygen atoms in total. The second kappa shape index (κ2) is 4.61. The van der Waals surface area contributed by atoms with Gasteiger partial charge in [0.1, 0.15) is 6.29 Å². The van der Waals surface area contributed by atoms with Gasteiger partial charge >= 0.3 is 5.97 Å². The smallest absolute Gasteiger partial charge is 0.335 e. The van der Waals surface area contributed by atoms with Crippen LogP contribution in [0.1, 0.15) is 20.7 Å². The van der Waals surface area contributed by atoms with Crippen LogP contribution in [0.5, 0.6) is 0 Å². The molecule has 2 aromatic carbocycles. The van der Waals surface area contributed by atoms with Crippen molar-refractivity contribution >= 4 is 12.3 Å². The highest BCUT2D eigenvalue weighted by Gasteiger charge is 2.04. The fourth-order valence-corrected chi connectivity index (χ4v) is 1.59. The molecular formula is C14H10O3. The third-order valence-electron chi connectivity index (χ3n) is 2.49. The number of carbonyl (C=O) groups is 2. The number of aromatic carboxylic acids is 1. The van der Waals surface area contributed by atoms with E-state index in [-0.39, 0.29) is 5.56 Å². The first kappa shape index (κ1) is 11.1. The van der Waals surface area contributed by atoms with Crippen LogP contribution < -0.4 is 0 Å². The number of carboxylic acids is 1. The lowest BCUT2D eigenvalue weighted by Crippen LogP contribution is -1.95. The number of carboxylic acid groups (broad SMARTS) is 1. The Labute approximate surface area is 98.3 Å². The first-order valence-electron chi connectivity index (χ1n) is 5.09. The van der Waals surface area contributed by atoms with Crippen molar-refractivity contribution in [1.29, 1.82) is 0 Å². The lowest BCUT2D eigenvalue weighted by molar-refractivity contribution is 0.0697. The molecule has 0 aliphatic rings. The molecule has 3 heteroatoms. The Kier molecular flexibility index (Phi) is 3.01. The van der Waals surface area contributed by atoms with Crippen LogP contribution in [0.2, 0.25) is 0 Å². The van der Waals surface area contributed by atoms with Gasteiger partial charge in [0.05, 0.1) is 5.56 Å². The zero-order valence-electron chi connectivity index (χ0n) is 8.96. The van der Waals surface area contributed by atoms with Crippen LogP contribution in [0, 0.1) is 0 Å². The maximum absolute atomic E-state index is 10.8. The van der Waals surface area contributed by atoms with E-state index >= 15 is 0 Å². The van der Waals surface area contributed by atoms with E-state index in [0.29, 0.717) is 5.56 Å². The van der Waals surface area contributed by atoms with Crippen LogP contribution in [-0.4, -0.2) is 17.4 Å². The fraction of sp³-hybridized carbons (Fsp3) is 0. The van der Waals surface area contributed by atoms with Crippen molar-refractivity contribution in [3.63, 3.8) is 0 Å². The molecule has 1 N–H and O–H groups in total. The average Bonchev–Trinajstić information content (AvgIpc) is 2.39. The van der Waals surface area contributed by atoms with E-state index in [1.54, 1.807) is 42.5 Å². The Bertz CT molecular complexity index is 556. The summed E-state index contributed by atoms with van der Waals surface area (Å²) in [5.41, 5.74) is 2.56. The minimum absolute atomic E-state index is 0.252. The van der Waals surface area contributed by atoms with Crippen LogP contribution in [0.3, 0.4) is 0 Å². The molecule has 0 spiro atoms. The Morgan fingerprint density at radius 1 is 1.00 bits per heavy atom. The monoisotopic (exact) mass is 226 g/mol. The number of hydrogen-bond donors (Lipinski definition) is 1. The van der Waals surface area contributed by atoms with Gasteiger partial charge < -0.3 is 5.11 Å². The molecule has 84 valence electrons. The Hall–Kier alpha value is -2.42. The second-order valence-corrected chi connectivity index (χ2v) is 3.63. The van der Waals surface area contributed by atoms with Crippen molar-refractivity contribution in [2.24, 2.45) is 0 Å². The lowest BCUT2D eigenvalue weighted by Gasteiger charge is -2.03. The summed E-state index contributed by atoms with van der Waals surface area (Å²) in [5, 5.41) is 8.89. The quantitative estimate of drug-likeness (QED) is 0.819. The van der Waals surface area contributed by atoms with Gasteiger partial charge in [-0.15, -0.1) is 0 Å². The van der Waals surface area contributed by atoms with Crippen molar-refractivity contribution in [3.8, 4) is 11.1 Å². The molecule has 0 atom stereocenters. The Morgan fingerprint density at radius 3 is 2.29 bits per heavy atom. The van der Waals surface area contributed by atoms with Gasteiger partial charge in [-0.1, -0.05) is 36.4 Å². The second-order valence-electron chi connectivity index (χ2n) is 3.63. The van der Waals surface area contributed by atoms with Gasteiger partial charge in [0.15, 0.2) is 0 Å². The summed E-state index contributed by atoms with van der Waals surface area (Å²) in [6.07, 6.45) is 0.775. The van der Waals surface area contributed by atoms with E-state index in [0.717, 1.165) is 17.4 Å². The molecule has 0 heterocycles. The van der Waals surface area contributed by atoms with Gasteiger partial charge in [-0.05, 0) is 23.3 Å². The molecule has 2 rings (SSSR count). The summed E-state index contributed by atoms with van der Waals surface area (Å²) < 4.78 is 0. The molecule has 17 heavy (non-hydrogen) atoms. The van der Waals surface area contributed by atoms with Gasteiger partial charge in [-0.2, -0.15) is 0 Å². The largest absolute Gasteiger partial charge is 0.478 e. The van der Waals surface area contributed by atoms with Crippen LogP contribution >= 0.6 is 0 Å². The maximum Gasteiger partial charge on any atom is 0.335 e. The lowest BCUT2D eigenvalue weighted by atomic mass is 10.0. The predicted molar refractivity (Wildman–Crippen MR) is 64.2 cm³/mol. The van der Waals surface area contributed by atoms with Crippen molar-refractivity contribution in [1.82, 2.24) is 0 Å². The predicted octanol–water partition coefficient (Wildman–Crippen LogP) is 2.86. The van der Waals surface area contributed by atoms with Crippen LogP contribution in [0.25, 0.3) is 11.1 Å². The van der Waals surface area contributed by atoms with E-state index in [1.165, 1.54) is 0 Å². The summed E-state index contributed by atoms with van der Waals surface area (Å²) in [5.74, 6) is -0.948. The topological polar surface area (TPSA) is 54.4 Å². The zero-order valence-corrected chi connectivity index (χ0v) is 8.96. The highest BCUT2D eigenvalue weighted by atomic mass is 16.4. The van der Waals surface area contributed by atoms with Gasteiger partial charge in [-0.3, -0.25) is 4.79 Å². The number of carbonyl (C=O) groups excluding carboxylic acids is 1. The SMILES string of the molecule is O=Cc1ccc(-c2cccc(C(=O)O)c2)cc1. The van der Waals surface area contributed by atoms with Crippen LogP contribution in [0.15, 0.2) is 48.5 Å². The summed E-state index contributed by atoms with van der Waals surface area (Å²) in [6.45, 7) is 0. The molecule has 0 aliphatic carbocycles. The first-order valence-corrected chi connectivity index (χ1v) is 5.09. The van der Waals surface area contributed by atoms with Crippen molar-refractivity contribution in [2.45, 2.75) is 0 Å². The third-order valence-corrected chi connectivity index (χ3v) is 2.49. The van der Waals surface area contributed by atoms with Gasteiger partial charge in [0.25, 0.3) is 0 Å². The standard InChI is InChI=1S/C14H10O3/c15-9-10-4-6-11(7-5-10)12-2-1-3-13(8-12)14(16)17/h1-9H,(H,16,17). The molecule has 0 saturated carbocycles. The molecular weight excluding hydrogens is 216 g/mol. The van der Waals surface area contributed by atoms with E-state index in [9.17, 15) is 9.59 Å². The highest BCUT2D eigenvalue weighted by Crippen LogP contribution is 2.20. The van der Waals surface area contributed by atoms with Crippen molar-refractivity contribution < 1.29 is 14.7 Å². The molecule has 0 radical (unpaired) electrons.